The molecule has 0 atom stereocenters. The summed E-state index contributed by atoms with van der Waals surface area (Å²) in [7, 11) is -0.917. The molecule has 3 heteroatoms. The number of rotatable bonds is 0. The van der Waals surface area contributed by atoms with Crippen molar-refractivity contribution in [3.8, 4) is 0 Å². The van der Waals surface area contributed by atoms with Gasteiger partial charge in [0.1, 0.15) is 9.03 Å². The zero-order valence-corrected chi connectivity index (χ0v) is 23.0. The molecule has 0 aliphatic carbocycles. The van der Waals surface area contributed by atoms with Gasteiger partial charge in [0.15, 0.2) is 0 Å². The Bertz CT molecular complexity index is 649. The van der Waals surface area contributed by atoms with Crippen LogP contribution in [0.15, 0.2) is 48.5 Å². The second kappa shape index (κ2) is 11.6. The van der Waals surface area contributed by atoms with Gasteiger partial charge in [-0.3, -0.25) is 0 Å². The van der Waals surface area contributed by atoms with Crippen LogP contribution in [0.25, 0.3) is 0 Å². The maximum atomic E-state index is 7.15. The molecule has 0 radical (unpaired) electrons. The van der Waals surface area contributed by atoms with Crippen molar-refractivity contribution < 1.29 is 9.79 Å². The van der Waals surface area contributed by atoms with Crippen LogP contribution < -0.4 is 0 Å². The van der Waals surface area contributed by atoms with Gasteiger partial charge < -0.3 is 9.79 Å². The Labute approximate surface area is 194 Å². The first kappa shape index (κ1) is 29.8. The summed E-state index contributed by atoms with van der Waals surface area (Å²) in [5.74, 6) is 0. The molecule has 31 heavy (non-hydrogen) atoms. The Morgan fingerprint density at radius 2 is 0.548 bits per heavy atom. The molecule has 0 aliphatic heterocycles. The van der Waals surface area contributed by atoms with Gasteiger partial charge in [0.05, 0.1) is 0 Å². The predicted molar refractivity (Wildman–Crippen MR) is 140 cm³/mol. The van der Waals surface area contributed by atoms with E-state index in [-0.39, 0.29) is 21.7 Å². The summed E-state index contributed by atoms with van der Waals surface area (Å²) in [6.45, 7) is 27.3. The predicted octanol–water partition coefficient (Wildman–Crippen LogP) is 8.04. The van der Waals surface area contributed by atoms with Crippen molar-refractivity contribution >= 4 is 9.03 Å². The van der Waals surface area contributed by atoms with Crippen molar-refractivity contribution in [1.29, 1.82) is 0 Å². The summed E-state index contributed by atoms with van der Waals surface area (Å²) in [6, 6.07) is 17.5. The van der Waals surface area contributed by atoms with Crippen molar-refractivity contribution in [3.63, 3.8) is 0 Å². The molecule has 2 aromatic rings. The quantitative estimate of drug-likeness (QED) is 0.402. The monoisotopic (exact) mass is 446 g/mol. The SMILES string of the molecule is CC(C)(C)c1ccccc1C(C)(C)C.CC(C)(C)c1ccccc1C(C)(C)C.OPO. The van der Waals surface area contributed by atoms with E-state index in [0.717, 1.165) is 0 Å². The lowest BCUT2D eigenvalue weighted by atomic mass is 9.75. The van der Waals surface area contributed by atoms with Gasteiger partial charge in [-0.15, -0.1) is 0 Å². The Hall–Kier alpha value is -1.21. The molecule has 0 fully saturated rings. The topological polar surface area (TPSA) is 40.5 Å². The van der Waals surface area contributed by atoms with Crippen LogP contribution in [-0.4, -0.2) is 9.79 Å². The van der Waals surface area contributed by atoms with E-state index < -0.39 is 9.03 Å². The Balaban J connectivity index is 0.000000516. The van der Waals surface area contributed by atoms with Crippen LogP contribution in [0.3, 0.4) is 0 Å². The van der Waals surface area contributed by atoms with Gasteiger partial charge in [-0.1, -0.05) is 132 Å². The van der Waals surface area contributed by atoms with E-state index in [0.29, 0.717) is 0 Å². The largest absolute Gasteiger partial charge is 0.352 e. The van der Waals surface area contributed by atoms with Crippen LogP contribution in [0.4, 0.5) is 0 Å². The van der Waals surface area contributed by atoms with E-state index in [9.17, 15) is 0 Å². The fourth-order valence-corrected chi connectivity index (χ4v) is 3.58. The van der Waals surface area contributed by atoms with Crippen LogP contribution in [0.2, 0.25) is 0 Å². The van der Waals surface area contributed by atoms with Crippen LogP contribution in [-0.2, 0) is 21.7 Å². The minimum Gasteiger partial charge on any atom is -0.352 e. The third-order valence-corrected chi connectivity index (χ3v) is 5.09. The van der Waals surface area contributed by atoms with Gasteiger partial charge in [0, 0.05) is 0 Å². The normalized spacial score (nSPS) is 12.3. The highest BCUT2D eigenvalue weighted by Crippen LogP contribution is 2.34. The molecule has 0 amide bonds. The molecule has 0 saturated carbocycles. The summed E-state index contributed by atoms with van der Waals surface area (Å²) in [6.07, 6.45) is 0. The van der Waals surface area contributed by atoms with Gasteiger partial charge in [0.25, 0.3) is 0 Å². The third kappa shape index (κ3) is 10.3. The maximum Gasteiger partial charge on any atom is 0.149 e. The van der Waals surface area contributed by atoms with E-state index in [1.807, 2.05) is 0 Å². The Kier molecular flexibility index (Phi) is 11.1. The van der Waals surface area contributed by atoms with Crippen molar-refractivity contribution in [2.75, 3.05) is 0 Å². The molecule has 2 rings (SSSR count). The van der Waals surface area contributed by atoms with E-state index in [4.69, 9.17) is 9.79 Å². The molecule has 0 aromatic heterocycles. The molecule has 0 spiro atoms. The van der Waals surface area contributed by atoms with Gasteiger partial charge in [-0.05, 0) is 43.9 Å². The highest BCUT2D eigenvalue weighted by Gasteiger charge is 2.24. The molecule has 2 aromatic carbocycles. The first-order chi connectivity index (χ1) is 13.9. The summed E-state index contributed by atoms with van der Waals surface area (Å²) < 4.78 is 0. The molecular formula is C28H47O2P. The molecule has 176 valence electrons. The first-order valence-corrected chi connectivity index (χ1v) is 12.0. The minimum atomic E-state index is -0.917. The van der Waals surface area contributed by atoms with E-state index >= 15 is 0 Å². The van der Waals surface area contributed by atoms with Crippen molar-refractivity contribution in [3.05, 3.63) is 70.8 Å². The molecular weight excluding hydrogens is 399 g/mol. The van der Waals surface area contributed by atoms with Gasteiger partial charge >= 0.3 is 0 Å². The standard InChI is InChI=1S/2C14H22.H3O2P/c2*1-13(2,3)11-9-7-8-10-12(11)14(4,5)6;1-3-2/h2*7-10H,1-6H3;1-3H. The van der Waals surface area contributed by atoms with E-state index in [2.05, 4.69) is 132 Å². The average molecular weight is 447 g/mol. The summed E-state index contributed by atoms with van der Waals surface area (Å²) >= 11 is 0. The zero-order chi connectivity index (χ0) is 24.7. The highest BCUT2D eigenvalue weighted by atomic mass is 31.1. The minimum absolute atomic E-state index is 0.240. The molecule has 0 saturated heterocycles. The van der Waals surface area contributed by atoms with E-state index in [1.165, 1.54) is 22.3 Å². The fraction of sp³-hybridized carbons (Fsp3) is 0.571. The molecule has 0 aliphatic rings. The Morgan fingerprint density at radius 1 is 0.419 bits per heavy atom. The van der Waals surface area contributed by atoms with Crippen LogP contribution in [0.1, 0.15) is 105 Å². The van der Waals surface area contributed by atoms with Gasteiger partial charge in [-0.2, -0.15) is 0 Å². The van der Waals surface area contributed by atoms with Crippen LogP contribution >= 0.6 is 9.03 Å². The lowest BCUT2D eigenvalue weighted by Crippen LogP contribution is -2.21. The second-order valence-electron chi connectivity index (χ2n) is 12.2. The van der Waals surface area contributed by atoms with Crippen molar-refractivity contribution in [2.24, 2.45) is 0 Å². The Morgan fingerprint density at radius 3 is 0.645 bits per heavy atom. The van der Waals surface area contributed by atoms with Crippen molar-refractivity contribution in [2.45, 2.75) is 105 Å². The molecule has 0 unspecified atom stereocenters. The second-order valence-corrected chi connectivity index (χ2v) is 12.4. The lowest BCUT2D eigenvalue weighted by Gasteiger charge is -2.29. The highest BCUT2D eigenvalue weighted by molar-refractivity contribution is 7.23. The molecule has 0 heterocycles. The lowest BCUT2D eigenvalue weighted by molar-refractivity contribution is 0.513. The summed E-state index contributed by atoms with van der Waals surface area (Å²) in [4.78, 5) is 14.3. The zero-order valence-electron chi connectivity index (χ0n) is 22.0. The maximum absolute atomic E-state index is 7.15. The van der Waals surface area contributed by atoms with Gasteiger partial charge in [-0.25, -0.2) is 0 Å². The molecule has 2 N–H and O–H groups in total. The number of hydrogen-bond acceptors (Lipinski definition) is 2. The summed E-state index contributed by atoms with van der Waals surface area (Å²) in [5, 5.41) is 0. The first-order valence-electron chi connectivity index (χ1n) is 11.1. The van der Waals surface area contributed by atoms with Crippen LogP contribution in [0, 0.1) is 0 Å². The van der Waals surface area contributed by atoms with Gasteiger partial charge in [0.2, 0.25) is 0 Å². The fourth-order valence-electron chi connectivity index (χ4n) is 3.58. The van der Waals surface area contributed by atoms with Crippen LogP contribution in [0.5, 0.6) is 0 Å². The number of hydrogen-bond donors (Lipinski definition) is 2. The third-order valence-electron chi connectivity index (χ3n) is 5.09. The smallest absolute Gasteiger partial charge is 0.149 e. The summed E-state index contributed by atoms with van der Waals surface area (Å²) in [5.41, 5.74) is 6.82. The number of benzene rings is 2. The average Bonchev–Trinajstić information content (AvgIpc) is 2.60. The molecule has 0 bridgehead atoms. The molecule has 2 nitrogen and oxygen atoms in total. The van der Waals surface area contributed by atoms with E-state index in [1.54, 1.807) is 0 Å². The van der Waals surface area contributed by atoms with Crippen molar-refractivity contribution in [1.82, 2.24) is 0 Å².